The van der Waals surface area contributed by atoms with Crippen LogP contribution >= 0.6 is 0 Å². The number of halogens is 3. The van der Waals surface area contributed by atoms with Crippen molar-refractivity contribution >= 4 is 11.6 Å². The number of alkyl halides is 3. The van der Waals surface area contributed by atoms with E-state index in [1.165, 1.54) is 16.5 Å². The van der Waals surface area contributed by atoms with E-state index in [1.807, 2.05) is 0 Å². The lowest BCUT2D eigenvalue weighted by Crippen LogP contribution is -2.25. The van der Waals surface area contributed by atoms with Gasteiger partial charge in [-0.1, -0.05) is 13.0 Å². The lowest BCUT2D eigenvalue weighted by molar-refractivity contribution is -0.137. The van der Waals surface area contributed by atoms with Crippen LogP contribution in [0.1, 0.15) is 28.7 Å². The molecule has 0 unspecified atom stereocenters. The van der Waals surface area contributed by atoms with Crippen LogP contribution in [0.2, 0.25) is 0 Å². The summed E-state index contributed by atoms with van der Waals surface area (Å²) in [6.07, 6.45) is -1.64. The summed E-state index contributed by atoms with van der Waals surface area (Å²) in [4.78, 5) is 16.3. The Kier molecular flexibility index (Phi) is 4.02. The first-order valence-corrected chi connectivity index (χ1v) is 6.35. The molecule has 0 atom stereocenters. The molecule has 0 bridgehead atoms. The Morgan fingerprint density at radius 3 is 2.76 bits per heavy atom. The predicted octanol–water partition coefficient (Wildman–Crippen LogP) is 2.83. The number of aromatic nitrogens is 2. The van der Waals surface area contributed by atoms with Crippen LogP contribution in [0.15, 0.2) is 31.0 Å². The van der Waals surface area contributed by atoms with E-state index < -0.39 is 17.6 Å². The van der Waals surface area contributed by atoms with Crippen molar-refractivity contribution in [3.05, 3.63) is 47.9 Å². The summed E-state index contributed by atoms with van der Waals surface area (Å²) in [7, 11) is 0. The molecule has 2 heterocycles. The Balaban J connectivity index is 2.59. The van der Waals surface area contributed by atoms with Gasteiger partial charge in [0.2, 0.25) is 0 Å². The number of hydrogen-bond donors (Lipinski definition) is 1. The third-order valence-electron chi connectivity index (χ3n) is 2.97. The molecule has 0 spiro atoms. The monoisotopic (exact) mass is 297 g/mol. The van der Waals surface area contributed by atoms with E-state index >= 15 is 0 Å². The molecule has 1 N–H and O–H groups in total. The number of nitrogens with zero attached hydrogens (tertiary/aromatic N) is 2. The van der Waals surface area contributed by atoms with Gasteiger partial charge in [-0.05, 0) is 18.6 Å². The molecular weight excluding hydrogens is 283 g/mol. The van der Waals surface area contributed by atoms with Crippen LogP contribution in [-0.4, -0.2) is 21.8 Å². The van der Waals surface area contributed by atoms with Gasteiger partial charge in [-0.25, -0.2) is 4.98 Å². The van der Waals surface area contributed by atoms with E-state index in [-0.39, 0.29) is 12.2 Å². The van der Waals surface area contributed by atoms with Crippen molar-refractivity contribution in [2.24, 2.45) is 0 Å². The quantitative estimate of drug-likeness (QED) is 0.882. The number of carbonyl (C=O) groups excluding carboxylic acids is 1. The Hall–Kier alpha value is -2.31. The topological polar surface area (TPSA) is 46.4 Å². The van der Waals surface area contributed by atoms with Crippen molar-refractivity contribution in [1.82, 2.24) is 14.7 Å². The number of pyridine rings is 1. The highest BCUT2D eigenvalue weighted by atomic mass is 19.4. The molecule has 2 rings (SSSR count). The fraction of sp³-hybridized carbons (Fsp3) is 0.286. The maximum Gasteiger partial charge on any atom is 0.417 e. The summed E-state index contributed by atoms with van der Waals surface area (Å²) in [6, 6.07) is 2.21. The minimum Gasteiger partial charge on any atom is -0.347 e. The highest BCUT2D eigenvalue weighted by Gasteiger charge is 2.31. The molecule has 0 aliphatic rings. The van der Waals surface area contributed by atoms with Crippen LogP contribution < -0.4 is 5.32 Å². The molecule has 2 aromatic rings. The van der Waals surface area contributed by atoms with Crippen molar-refractivity contribution in [1.29, 1.82) is 0 Å². The third-order valence-corrected chi connectivity index (χ3v) is 2.97. The van der Waals surface area contributed by atoms with Gasteiger partial charge in [-0.15, -0.1) is 6.58 Å². The molecule has 0 radical (unpaired) electrons. The van der Waals surface area contributed by atoms with Crippen molar-refractivity contribution < 1.29 is 18.0 Å². The van der Waals surface area contributed by atoms with E-state index in [2.05, 4.69) is 16.9 Å². The lowest BCUT2D eigenvalue weighted by Gasteiger charge is -2.08. The molecular formula is C14H14F3N3O. The van der Waals surface area contributed by atoms with E-state index in [9.17, 15) is 18.0 Å². The number of fused-ring (bicyclic) bond motifs is 1. The predicted molar refractivity (Wildman–Crippen MR) is 72.1 cm³/mol. The zero-order valence-electron chi connectivity index (χ0n) is 11.4. The van der Waals surface area contributed by atoms with Gasteiger partial charge in [0.05, 0.1) is 11.3 Å². The van der Waals surface area contributed by atoms with Gasteiger partial charge >= 0.3 is 6.18 Å². The van der Waals surface area contributed by atoms with Crippen molar-refractivity contribution in [3.8, 4) is 0 Å². The molecule has 21 heavy (non-hydrogen) atoms. The van der Waals surface area contributed by atoms with Crippen molar-refractivity contribution in [2.45, 2.75) is 19.5 Å². The summed E-state index contributed by atoms with van der Waals surface area (Å²) in [5, 5.41) is 2.56. The summed E-state index contributed by atoms with van der Waals surface area (Å²) >= 11 is 0. The number of carbonyl (C=O) groups is 1. The average molecular weight is 297 g/mol. The number of rotatable bonds is 4. The minimum atomic E-state index is -4.47. The average Bonchev–Trinajstić information content (AvgIpc) is 2.81. The van der Waals surface area contributed by atoms with Gasteiger partial charge < -0.3 is 5.32 Å². The van der Waals surface area contributed by atoms with Crippen LogP contribution in [0.4, 0.5) is 13.2 Å². The highest BCUT2D eigenvalue weighted by molar-refractivity contribution is 5.94. The van der Waals surface area contributed by atoms with Crippen molar-refractivity contribution in [2.75, 3.05) is 6.54 Å². The largest absolute Gasteiger partial charge is 0.417 e. The Labute approximate surface area is 119 Å². The Morgan fingerprint density at radius 2 is 2.19 bits per heavy atom. The fourth-order valence-corrected chi connectivity index (χ4v) is 2.00. The first-order chi connectivity index (χ1) is 9.88. The lowest BCUT2D eigenvalue weighted by atomic mass is 10.2. The van der Waals surface area contributed by atoms with Gasteiger partial charge in [0, 0.05) is 12.7 Å². The van der Waals surface area contributed by atoms with E-state index in [0.29, 0.717) is 17.8 Å². The Morgan fingerprint density at radius 1 is 1.48 bits per heavy atom. The molecule has 0 aliphatic carbocycles. The molecule has 0 saturated carbocycles. The first kappa shape index (κ1) is 15.1. The van der Waals surface area contributed by atoms with Crippen LogP contribution in [0.25, 0.3) is 5.65 Å². The Bertz CT molecular complexity index is 689. The zero-order chi connectivity index (χ0) is 15.6. The third kappa shape index (κ3) is 2.91. The maximum absolute atomic E-state index is 12.8. The molecule has 0 aromatic carbocycles. The number of hydrogen-bond acceptors (Lipinski definition) is 2. The SMILES string of the molecule is C=CCNC(=O)c1c(CC)nc2ccc(C(F)(F)F)cn12. The maximum atomic E-state index is 12.8. The van der Waals surface area contributed by atoms with E-state index in [0.717, 1.165) is 12.3 Å². The number of nitrogens with one attached hydrogen (secondary N) is 1. The van der Waals surface area contributed by atoms with Gasteiger partial charge in [0.1, 0.15) is 11.3 Å². The molecule has 0 saturated heterocycles. The first-order valence-electron chi connectivity index (χ1n) is 6.35. The van der Waals surface area contributed by atoms with Crippen LogP contribution in [0, 0.1) is 0 Å². The van der Waals surface area contributed by atoms with Crippen LogP contribution in [0.5, 0.6) is 0 Å². The van der Waals surface area contributed by atoms with E-state index in [4.69, 9.17) is 0 Å². The summed E-state index contributed by atoms with van der Waals surface area (Å²) in [6.45, 7) is 5.50. The second kappa shape index (κ2) is 5.59. The van der Waals surface area contributed by atoms with Crippen molar-refractivity contribution in [3.63, 3.8) is 0 Å². The van der Waals surface area contributed by atoms with Gasteiger partial charge in [0.15, 0.2) is 0 Å². The van der Waals surface area contributed by atoms with Crippen LogP contribution in [0.3, 0.4) is 0 Å². The van der Waals surface area contributed by atoms with Gasteiger partial charge in [-0.3, -0.25) is 9.20 Å². The summed E-state index contributed by atoms with van der Waals surface area (Å²) in [5.41, 5.74) is 0.0627. The molecule has 7 heteroatoms. The molecule has 1 amide bonds. The second-order valence-corrected chi connectivity index (χ2v) is 4.40. The fourth-order valence-electron chi connectivity index (χ4n) is 2.00. The smallest absolute Gasteiger partial charge is 0.347 e. The van der Waals surface area contributed by atoms with Gasteiger partial charge in [0.25, 0.3) is 5.91 Å². The standard InChI is InChI=1S/C14H14F3N3O/c1-3-7-18-13(21)12-10(4-2)19-11-6-5-9(8-20(11)12)14(15,16)17/h3,5-6,8H,1,4,7H2,2H3,(H,18,21). The minimum absolute atomic E-state index is 0.125. The highest BCUT2D eigenvalue weighted by Crippen LogP contribution is 2.29. The summed E-state index contributed by atoms with van der Waals surface area (Å²) < 4.78 is 39.6. The second-order valence-electron chi connectivity index (χ2n) is 4.40. The normalized spacial score (nSPS) is 11.6. The molecule has 4 nitrogen and oxygen atoms in total. The summed E-state index contributed by atoms with van der Waals surface area (Å²) in [5.74, 6) is -0.474. The van der Waals surface area contributed by atoms with E-state index in [1.54, 1.807) is 6.92 Å². The number of amides is 1. The van der Waals surface area contributed by atoms with Crippen LogP contribution in [-0.2, 0) is 12.6 Å². The van der Waals surface area contributed by atoms with Gasteiger partial charge in [-0.2, -0.15) is 13.2 Å². The zero-order valence-corrected chi connectivity index (χ0v) is 11.4. The molecule has 2 aromatic heterocycles. The molecule has 0 fully saturated rings. The molecule has 0 aliphatic heterocycles. The number of imidazole rings is 1. The number of aryl methyl sites for hydroxylation is 1. The molecule has 112 valence electrons.